The Hall–Kier alpha value is -2.12. The average Bonchev–Trinajstić information content (AvgIpc) is 2.95. The largest absolute Gasteiger partial charge is 0.508 e. The van der Waals surface area contributed by atoms with Crippen molar-refractivity contribution in [1.29, 1.82) is 0 Å². The second kappa shape index (κ2) is 24.7. The van der Waals surface area contributed by atoms with Crippen LogP contribution in [0.1, 0.15) is 114 Å². The van der Waals surface area contributed by atoms with Crippen LogP contribution in [0.25, 0.3) is 0 Å². The van der Waals surface area contributed by atoms with Crippen LogP contribution in [-0.4, -0.2) is 36.6 Å². The third-order valence-corrected chi connectivity index (χ3v) is 6.57. The topological polar surface area (TPSA) is 77.4 Å². The fraction of sp³-hybridized carbons (Fsp3) is 0.647. The second-order valence-electron chi connectivity index (χ2n) is 10.2. The van der Waals surface area contributed by atoms with E-state index in [2.05, 4.69) is 27.7 Å². The molecule has 0 amide bonds. The second-order valence-corrected chi connectivity index (χ2v) is 10.2. The Morgan fingerprint density at radius 1 is 0.450 bits per heavy atom. The van der Waals surface area contributed by atoms with Gasteiger partial charge in [0.15, 0.2) is 0 Å². The van der Waals surface area contributed by atoms with Crippen LogP contribution in [0.5, 0.6) is 11.5 Å². The Bertz CT molecular complexity index is 870. The van der Waals surface area contributed by atoms with Crippen LogP contribution in [0, 0.1) is 0 Å². The van der Waals surface area contributed by atoms with Crippen LogP contribution in [-0.2, 0) is 45.4 Å². The lowest BCUT2D eigenvalue weighted by Crippen LogP contribution is -2.03. The molecule has 0 heterocycles. The molecule has 0 aliphatic carbocycles. The smallest absolute Gasteiger partial charge is 0.121 e. The Labute approximate surface area is 244 Å². The van der Waals surface area contributed by atoms with E-state index in [1.807, 2.05) is 24.3 Å². The molecule has 40 heavy (non-hydrogen) atoms. The highest BCUT2D eigenvalue weighted by Gasteiger charge is 2.09. The molecule has 6 nitrogen and oxygen atoms in total. The fourth-order valence-corrected chi connectivity index (χ4v) is 3.96. The average molecular weight is 561 g/mol. The van der Waals surface area contributed by atoms with Crippen LogP contribution in [0.15, 0.2) is 36.4 Å². The SMILES string of the molecule is CCCCCOCc1cccc(O)c1COCCCCC.CCCCOCc1cccc(O)c1COCCCC. The first-order valence-corrected chi connectivity index (χ1v) is 15.5. The van der Waals surface area contributed by atoms with Gasteiger partial charge in [-0.3, -0.25) is 0 Å². The highest BCUT2D eigenvalue weighted by atomic mass is 16.5. The van der Waals surface area contributed by atoms with E-state index >= 15 is 0 Å². The van der Waals surface area contributed by atoms with E-state index < -0.39 is 0 Å². The van der Waals surface area contributed by atoms with E-state index in [1.165, 1.54) is 25.7 Å². The molecule has 0 aromatic heterocycles. The zero-order valence-corrected chi connectivity index (χ0v) is 25.7. The minimum Gasteiger partial charge on any atom is -0.508 e. The van der Waals surface area contributed by atoms with E-state index in [0.717, 1.165) is 87.2 Å². The standard InChI is InChI=1S/C18H30O3.C16H26O3/c1-3-5-7-12-20-14-16-10-9-11-18(19)17(16)15-21-13-8-6-4-2;1-3-5-10-18-12-14-8-7-9-16(17)15(14)13-19-11-6-4-2/h9-11,19H,3-8,12-15H2,1-2H3;7-9,17H,3-6,10-13H2,1-2H3. The van der Waals surface area contributed by atoms with Crippen LogP contribution >= 0.6 is 0 Å². The van der Waals surface area contributed by atoms with Gasteiger partial charge in [-0.15, -0.1) is 0 Å². The van der Waals surface area contributed by atoms with Crippen LogP contribution < -0.4 is 0 Å². The van der Waals surface area contributed by atoms with Crippen molar-refractivity contribution >= 4 is 0 Å². The summed E-state index contributed by atoms with van der Waals surface area (Å²) in [6, 6.07) is 11.1. The summed E-state index contributed by atoms with van der Waals surface area (Å²) in [5.74, 6) is 0.605. The van der Waals surface area contributed by atoms with E-state index in [4.69, 9.17) is 18.9 Å². The van der Waals surface area contributed by atoms with Crippen LogP contribution in [0.3, 0.4) is 0 Å². The number of hydrogen-bond donors (Lipinski definition) is 2. The number of phenolic OH excluding ortho intramolecular Hbond substituents is 2. The number of rotatable bonds is 22. The molecule has 2 aromatic rings. The van der Waals surface area contributed by atoms with Crippen molar-refractivity contribution in [3.05, 3.63) is 58.7 Å². The summed E-state index contributed by atoms with van der Waals surface area (Å²) in [6.07, 6.45) is 11.3. The zero-order valence-electron chi connectivity index (χ0n) is 25.7. The van der Waals surface area contributed by atoms with Gasteiger partial charge >= 0.3 is 0 Å². The predicted molar refractivity (Wildman–Crippen MR) is 164 cm³/mol. The molecule has 2 rings (SSSR count). The zero-order chi connectivity index (χ0) is 29.3. The number of ether oxygens (including phenoxy) is 4. The van der Waals surface area contributed by atoms with Crippen molar-refractivity contribution < 1.29 is 29.2 Å². The van der Waals surface area contributed by atoms with Crippen LogP contribution in [0.2, 0.25) is 0 Å². The van der Waals surface area contributed by atoms with E-state index in [1.54, 1.807) is 12.1 Å². The number of phenols is 2. The Balaban J connectivity index is 0.000000402. The minimum atomic E-state index is 0.299. The van der Waals surface area contributed by atoms with Crippen LogP contribution in [0.4, 0.5) is 0 Å². The molecule has 0 bridgehead atoms. The third-order valence-electron chi connectivity index (χ3n) is 6.57. The molecule has 0 saturated carbocycles. The molecule has 0 spiro atoms. The number of aromatic hydroxyl groups is 2. The highest BCUT2D eigenvalue weighted by molar-refractivity contribution is 5.39. The molecule has 6 heteroatoms. The van der Waals surface area contributed by atoms with Gasteiger partial charge in [-0.1, -0.05) is 90.5 Å². The summed E-state index contributed by atoms with van der Waals surface area (Å²) < 4.78 is 22.6. The van der Waals surface area contributed by atoms with Gasteiger partial charge in [-0.25, -0.2) is 0 Å². The van der Waals surface area contributed by atoms with Crippen molar-refractivity contribution in [3.63, 3.8) is 0 Å². The molecule has 0 aliphatic heterocycles. The maximum absolute atomic E-state index is 10.00. The normalized spacial score (nSPS) is 10.9. The third kappa shape index (κ3) is 16.2. The van der Waals surface area contributed by atoms with E-state index in [9.17, 15) is 10.2 Å². The van der Waals surface area contributed by atoms with Gasteiger partial charge in [0.2, 0.25) is 0 Å². The molecule has 0 unspecified atom stereocenters. The summed E-state index contributed by atoms with van der Waals surface area (Å²) in [6.45, 7) is 13.7. The first-order chi connectivity index (χ1) is 19.6. The Morgan fingerprint density at radius 3 is 1.18 bits per heavy atom. The van der Waals surface area contributed by atoms with E-state index in [0.29, 0.717) is 37.9 Å². The molecule has 2 aromatic carbocycles. The molecule has 2 N–H and O–H groups in total. The van der Waals surface area contributed by atoms with Crippen molar-refractivity contribution in [1.82, 2.24) is 0 Å². The van der Waals surface area contributed by atoms with Gasteiger partial charge in [-0.2, -0.15) is 0 Å². The van der Waals surface area contributed by atoms with Gasteiger partial charge in [0.05, 0.1) is 26.4 Å². The van der Waals surface area contributed by atoms with Crippen molar-refractivity contribution in [3.8, 4) is 11.5 Å². The molecular formula is C34H56O6. The van der Waals surface area contributed by atoms with Gasteiger partial charge in [0, 0.05) is 37.6 Å². The summed E-state index contributed by atoms with van der Waals surface area (Å²) in [5.41, 5.74) is 3.77. The number of benzene rings is 2. The molecular weight excluding hydrogens is 504 g/mol. The van der Waals surface area contributed by atoms with Crippen molar-refractivity contribution in [2.24, 2.45) is 0 Å². The maximum atomic E-state index is 10.00. The molecule has 0 fully saturated rings. The van der Waals surface area contributed by atoms with Crippen molar-refractivity contribution in [2.45, 2.75) is 118 Å². The lowest BCUT2D eigenvalue weighted by Gasteiger charge is -2.12. The Kier molecular flexibility index (Phi) is 22.1. The molecule has 0 atom stereocenters. The summed E-state index contributed by atoms with van der Waals surface area (Å²) in [4.78, 5) is 0. The molecule has 0 aliphatic rings. The quantitative estimate of drug-likeness (QED) is 0.140. The molecule has 0 saturated heterocycles. The summed E-state index contributed by atoms with van der Waals surface area (Å²) in [5, 5.41) is 19.9. The monoisotopic (exact) mass is 560 g/mol. The number of hydrogen-bond acceptors (Lipinski definition) is 6. The van der Waals surface area contributed by atoms with Gasteiger partial charge in [0.1, 0.15) is 11.5 Å². The number of unbranched alkanes of at least 4 members (excludes halogenated alkanes) is 6. The molecule has 228 valence electrons. The fourth-order valence-electron chi connectivity index (χ4n) is 3.96. The first kappa shape index (κ1) is 35.9. The van der Waals surface area contributed by atoms with Gasteiger partial charge < -0.3 is 29.2 Å². The highest BCUT2D eigenvalue weighted by Crippen LogP contribution is 2.24. The lowest BCUT2D eigenvalue weighted by atomic mass is 10.1. The predicted octanol–water partition coefficient (Wildman–Crippen LogP) is 8.83. The first-order valence-electron chi connectivity index (χ1n) is 15.5. The summed E-state index contributed by atoms with van der Waals surface area (Å²) in [7, 11) is 0. The summed E-state index contributed by atoms with van der Waals surface area (Å²) >= 11 is 0. The Morgan fingerprint density at radius 2 is 0.800 bits per heavy atom. The van der Waals surface area contributed by atoms with Gasteiger partial charge in [0.25, 0.3) is 0 Å². The van der Waals surface area contributed by atoms with Crippen molar-refractivity contribution in [2.75, 3.05) is 26.4 Å². The van der Waals surface area contributed by atoms with E-state index in [-0.39, 0.29) is 0 Å². The maximum Gasteiger partial charge on any atom is 0.121 e. The lowest BCUT2D eigenvalue weighted by molar-refractivity contribution is 0.102. The van der Waals surface area contributed by atoms with Gasteiger partial charge in [-0.05, 0) is 48.9 Å². The minimum absolute atomic E-state index is 0.299. The molecule has 0 radical (unpaired) electrons.